The Morgan fingerprint density at radius 3 is 2.41 bits per heavy atom. The van der Waals surface area contributed by atoms with Crippen molar-refractivity contribution in [2.24, 2.45) is 5.14 Å². The van der Waals surface area contributed by atoms with Crippen molar-refractivity contribution in [3.8, 4) is 5.75 Å². The van der Waals surface area contributed by atoms with Gasteiger partial charge in [-0.15, -0.1) is 0 Å². The molecule has 0 heterocycles. The highest BCUT2D eigenvalue weighted by Crippen LogP contribution is 2.23. The zero-order valence-corrected chi connectivity index (χ0v) is 17.4. The van der Waals surface area contributed by atoms with Crippen molar-refractivity contribution < 1.29 is 27.5 Å². The van der Waals surface area contributed by atoms with Gasteiger partial charge in [-0.25, -0.2) is 18.4 Å². The lowest BCUT2D eigenvalue weighted by Gasteiger charge is -2.15. The van der Waals surface area contributed by atoms with Gasteiger partial charge in [0.2, 0.25) is 10.0 Å². The molecule has 0 bridgehead atoms. The van der Waals surface area contributed by atoms with Gasteiger partial charge in [-0.2, -0.15) is 0 Å². The van der Waals surface area contributed by atoms with Gasteiger partial charge < -0.3 is 14.8 Å². The number of hydrogen-bond donors (Lipinski definition) is 2. The lowest BCUT2D eigenvalue weighted by atomic mass is 10.2. The van der Waals surface area contributed by atoms with Crippen LogP contribution in [-0.4, -0.2) is 33.0 Å². The van der Waals surface area contributed by atoms with Crippen molar-refractivity contribution in [2.75, 3.05) is 6.61 Å². The molecule has 3 N–H and O–H groups in total. The summed E-state index contributed by atoms with van der Waals surface area (Å²) < 4.78 is 32.9. The smallest absolute Gasteiger partial charge is 0.347 e. The SMILES string of the molecule is Cc1cc(Cl)ccc1OC(C)C(=O)OCC(=O)NCc1ccc(S(N)(=O)=O)cc1. The third kappa shape index (κ3) is 7.04. The molecule has 1 atom stereocenters. The zero-order chi connectivity index (χ0) is 21.6. The van der Waals surface area contributed by atoms with E-state index in [1.54, 1.807) is 25.1 Å². The summed E-state index contributed by atoms with van der Waals surface area (Å²) in [5.41, 5.74) is 1.43. The number of amides is 1. The molecule has 2 aromatic carbocycles. The number of sulfonamides is 1. The summed E-state index contributed by atoms with van der Waals surface area (Å²) in [7, 11) is -3.77. The van der Waals surface area contributed by atoms with Crippen LogP contribution in [0.25, 0.3) is 0 Å². The molecule has 0 fully saturated rings. The van der Waals surface area contributed by atoms with Crippen LogP contribution in [0.2, 0.25) is 5.02 Å². The molecule has 0 aliphatic carbocycles. The molecule has 0 aromatic heterocycles. The highest BCUT2D eigenvalue weighted by atomic mass is 35.5. The average Bonchev–Trinajstić information content (AvgIpc) is 2.66. The number of nitrogens with one attached hydrogen (secondary N) is 1. The van der Waals surface area contributed by atoms with Gasteiger partial charge in [0.25, 0.3) is 5.91 Å². The van der Waals surface area contributed by atoms with Crippen molar-refractivity contribution in [1.82, 2.24) is 5.32 Å². The lowest BCUT2D eigenvalue weighted by molar-refractivity contribution is -0.154. The van der Waals surface area contributed by atoms with Gasteiger partial charge in [0.05, 0.1) is 4.90 Å². The lowest BCUT2D eigenvalue weighted by Crippen LogP contribution is -2.32. The van der Waals surface area contributed by atoms with Gasteiger partial charge in [0.15, 0.2) is 12.7 Å². The van der Waals surface area contributed by atoms with Crippen LogP contribution in [0.4, 0.5) is 0 Å². The number of halogens is 1. The largest absolute Gasteiger partial charge is 0.479 e. The molecule has 0 aliphatic rings. The molecule has 29 heavy (non-hydrogen) atoms. The van der Waals surface area contributed by atoms with E-state index in [2.05, 4.69) is 5.32 Å². The van der Waals surface area contributed by atoms with Crippen LogP contribution >= 0.6 is 11.6 Å². The fraction of sp³-hybridized carbons (Fsp3) is 0.263. The maximum absolute atomic E-state index is 12.0. The Balaban J connectivity index is 1.78. The first-order valence-electron chi connectivity index (χ1n) is 8.54. The molecule has 0 radical (unpaired) electrons. The van der Waals surface area contributed by atoms with Crippen molar-refractivity contribution >= 4 is 33.5 Å². The minimum atomic E-state index is -3.77. The number of rotatable bonds is 8. The van der Waals surface area contributed by atoms with Crippen molar-refractivity contribution in [3.05, 3.63) is 58.6 Å². The van der Waals surface area contributed by atoms with Crippen molar-refractivity contribution in [2.45, 2.75) is 31.4 Å². The van der Waals surface area contributed by atoms with E-state index in [1.165, 1.54) is 31.2 Å². The molecule has 8 nitrogen and oxygen atoms in total. The van der Waals surface area contributed by atoms with E-state index in [0.717, 1.165) is 5.56 Å². The van der Waals surface area contributed by atoms with Crippen LogP contribution < -0.4 is 15.2 Å². The van der Waals surface area contributed by atoms with Gasteiger partial charge in [0.1, 0.15) is 5.75 Å². The molecular weight excluding hydrogens is 420 g/mol. The third-order valence-electron chi connectivity index (χ3n) is 3.86. The van der Waals surface area contributed by atoms with E-state index in [-0.39, 0.29) is 11.4 Å². The van der Waals surface area contributed by atoms with Crippen molar-refractivity contribution in [3.63, 3.8) is 0 Å². The van der Waals surface area contributed by atoms with E-state index in [1.807, 2.05) is 0 Å². The Labute approximate surface area is 174 Å². The van der Waals surface area contributed by atoms with Gasteiger partial charge in [-0.05, 0) is 55.3 Å². The minimum absolute atomic E-state index is 0.0218. The number of aryl methyl sites for hydroxylation is 1. The highest BCUT2D eigenvalue weighted by molar-refractivity contribution is 7.89. The van der Waals surface area contributed by atoms with E-state index in [4.69, 9.17) is 26.2 Å². The second-order valence-corrected chi connectivity index (χ2v) is 8.24. The molecule has 2 rings (SSSR count). The van der Waals surface area contributed by atoms with E-state index in [0.29, 0.717) is 16.3 Å². The van der Waals surface area contributed by atoms with Crippen LogP contribution in [0, 0.1) is 6.92 Å². The van der Waals surface area contributed by atoms with Gasteiger partial charge >= 0.3 is 5.97 Å². The number of esters is 1. The summed E-state index contributed by atoms with van der Waals surface area (Å²) in [6.07, 6.45) is -0.909. The zero-order valence-electron chi connectivity index (χ0n) is 15.8. The third-order valence-corrected chi connectivity index (χ3v) is 5.02. The van der Waals surface area contributed by atoms with Crippen LogP contribution in [0.3, 0.4) is 0 Å². The summed E-state index contributed by atoms with van der Waals surface area (Å²) in [6.45, 7) is 2.97. The second-order valence-electron chi connectivity index (χ2n) is 6.24. The fourth-order valence-corrected chi connectivity index (χ4v) is 3.03. The second kappa shape index (κ2) is 9.73. The Hall–Kier alpha value is -2.62. The topological polar surface area (TPSA) is 125 Å². The number of nitrogens with two attached hydrogens (primary N) is 1. The molecule has 0 aliphatic heterocycles. The number of ether oxygens (including phenoxy) is 2. The maximum atomic E-state index is 12.0. The standard InChI is InChI=1S/C19H21ClN2O6S/c1-12-9-15(20)5-8-17(12)28-13(2)19(24)27-11-18(23)22-10-14-3-6-16(7-4-14)29(21,25)26/h3-9,13H,10-11H2,1-2H3,(H,22,23)(H2,21,25,26). The summed E-state index contributed by atoms with van der Waals surface area (Å²) in [4.78, 5) is 23.9. The van der Waals surface area contributed by atoms with Gasteiger partial charge in [0, 0.05) is 11.6 Å². The molecule has 10 heteroatoms. The van der Waals surface area contributed by atoms with Crippen LogP contribution in [0.1, 0.15) is 18.1 Å². The highest BCUT2D eigenvalue weighted by Gasteiger charge is 2.18. The normalized spacial score (nSPS) is 12.1. The Kier molecular flexibility index (Phi) is 7.60. The average molecular weight is 441 g/mol. The molecule has 156 valence electrons. The number of carbonyl (C=O) groups is 2. The monoisotopic (exact) mass is 440 g/mol. The maximum Gasteiger partial charge on any atom is 0.347 e. The summed E-state index contributed by atoms with van der Waals surface area (Å²) in [5, 5.41) is 8.14. The first-order valence-corrected chi connectivity index (χ1v) is 10.5. The van der Waals surface area contributed by atoms with E-state index >= 15 is 0 Å². The summed E-state index contributed by atoms with van der Waals surface area (Å²) in [6, 6.07) is 10.7. The Morgan fingerprint density at radius 1 is 1.17 bits per heavy atom. The van der Waals surface area contributed by atoms with E-state index in [9.17, 15) is 18.0 Å². The minimum Gasteiger partial charge on any atom is -0.479 e. The van der Waals surface area contributed by atoms with Gasteiger partial charge in [-0.3, -0.25) is 4.79 Å². The Bertz CT molecular complexity index is 992. The van der Waals surface area contributed by atoms with Gasteiger partial charge in [-0.1, -0.05) is 23.7 Å². The molecule has 0 spiro atoms. The molecule has 1 amide bonds. The van der Waals surface area contributed by atoms with Crippen molar-refractivity contribution in [1.29, 1.82) is 0 Å². The molecule has 1 unspecified atom stereocenters. The first kappa shape index (κ1) is 22.7. The summed E-state index contributed by atoms with van der Waals surface area (Å²) in [5.74, 6) is -0.706. The molecule has 0 saturated heterocycles. The van der Waals surface area contributed by atoms with E-state index < -0.39 is 34.6 Å². The van der Waals surface area contributed by atoms with Crippen LogP contribution in [0.5, 0.6) is 5.75 Å². The number of hydrogen-bond acceptors (Lipinski definition) is 6. The predicted octanol–water partition coefficient (Wildman–Crippen LogP) is 1.92. The number of primary sulfonamides is 1. The fourth-order valence-electron chi connectivity index (χ4n) is 2.29. The quantitative estimate of drug-likeness (QED) is 0.604. The van der Waals surface area contributed by atoms with Crippen LogP contribution in [-0.2, 0) is 30.9 Å². The number of carbonyl (C=O) groups excluding carboxylic acids is 2. The molecule has 2 aromatic rings. The molecule has 0 saturated carbocycles. The first-order chi connectivity index (χ1) is 13.6. The van der Waals surface area contributed by atoms with Crippen LogP contribution in [0.15, 0.2) is 47.4 Å². The Morgan fingerprint density at radius 2 is 1.83 bits per heavy atom. The predicted molar refractivity (Wildman–Crippen MR) is 107 cm³/mol. The number of benzene rings is 2. The summed E-state index contributed by atoms with van der Waals surface area (Å²) >= 11 is 5.88. The molecular formula is C19H21ClN2O6S.